The number of carbonyl (C=O) groups excluding carboxylic acids is 2. The highest BCUT2D eigenvalue weighted by Gasteiger charge is 2.64. The molecule has 1 amide bonds. The second kappa shape index (κ2) is 11.1. The molecule has 8 atom stereocenters. The normalized spacial score (nSPS) is 36.7. The first-order chi connectivity index (χ1) is 20.5. The third-order valence-electron chi connectivity index (χ3n) is 11.8. The average Bonchev–Trinajstić information content (AvgIpc) is 3.48. The predicted octanol–water partition coefficient (Wildman–Crippen LogP) is 4.43. The van der Waals surface area contributed by atoms with E-state index >= 15 is 0 Å². The molecule has 0 spiro atoms. The molecule has 0 bridgehead atoms. The number of amides is 1. The van der Waals surface area contributed by atoms with E-state index in [0.717, 1.165) is 54.3 Å². The number of benzene rings is 1. The molecule has 232 valence electrons. The molecule has 2 aromatic rings. The Labute approximate surface area is 253 Å². The number of para-hydroxylation sites is 1. The smallest absolute Gasteiger partial charge is 0.328 e. The molecular weight excluding hydrogens is 546 g/mol. The first kappa shape index (κ1) is 29.9. The van der Waals surface area contributed by atoms with Crippen LogP contribution < -0.4 is 5.32 Å². The number of oxime groups is 1. The van der Waals surface area contributed by atoms with E-state index in [2.05, 4.69) is 35.4 Å². The van der Waals surface area contributed by atoms with Crippen LogP contribution in [0.2, 0.25) is 0 Å². The van der Waals surface area contributed by atoms with Gasteiger partial charge in [-0.2, -0.15) is 0 Å². The van der Waals surface area contributed by atoms with Crippen molar-refractivity contribution < 1.29 is 29.4 Å². The van der Waals surface area contributed by atoms with E-state index in [1.807, 2.05) is 37.4 Å². The number of fused-ring (bicyclic) bond motifs is 6. The molecule has 3 fully saturated rings. The van der Waals surface area contributed by atoms with Gasteiger partial charge in [-0.05, 0) is 92.7 Å². The van der Waals surface area contributed by atoms with Crippen molar-refractivity contribution in [2.45, 2.75) is 89.9 Å². The highest BCUT2D eigenvalue weighted by Crippen LogP contribution is 2.67. The van der Waals surface area contributed by atoms with Crippen molar-refractivity contribution in [3.05, 3.63) is 47.7 Å². The molecule has 4 aliphatic rings. The Bertz CT molecular complexity index is 1460. The van der Waals surface area contributed by atoms with Crippen LogP contribution in [0.4, 0.5) is 0 Å². The zero-order chi connectivity index (χ0) is 30.6. The fourth-order valence-electron chi connectivity index (χ4n) is 9.26. The number of aliphatic hydroxyl groups excluding tert-OH is 1. The number of hydrogen-bond acceptors (Lipinski definition) is 7. The minimum Gasteiger partial charge on any atom is -0.467 e. The SMILES string of the molecule is COC(=O)[C@H](Cc1c[nH]c2ccccc12)NC(=O)CO/N=C1\C=C2CC[C@H]3[C@@H]([C@H](O)C[C@@]4(C)[C@H]3CC[C@]4(C)O)[C@@]2(C)CC1. The Kier molecular flexibility index (Phi) is 7.70. The van der Waals surface area contributed by atoms with Gasteiger partial charge in [0.25, 0.3) is 5.91 Å². The fourth-order valence-corrected chi connectivity index (χ4v) is 9.26. The van der Waals surface area contributed by atoms with Gasteiger partial charge in [0.05, 0.1) is 24.5 Å². The lowest BCUT2D eigenvalue weighted by Gasteiger charge is -2.60. The summed E-state index contributed by atoms with van der Waals surface area (Å²) >= 11 is 0. The maximum Gasteiger partial charge on any atom is 0.328 e. The Morgan fingerprint density at radius 2 is 1.95 bits per heavy atom. The van der Waals surface area contributed by atoms with E-state index in [1.165, 1.54) is 12.7 Å². The van der Waals surface area contributed by atoms with E-state index < -0.39 is 29.6 Å². The van der Waals surface area contributed by atoms with E-state index in [9.17, 15) is 19.8 Å². The number of aromatic nitrogens is 1. The van der Waals surface area contributed by atoms with Crippen molar-refractivity contribution in [2.75, 3.05) is 13.7 Å². The van der Waals surface area contributed by atoms with Gasteiger partial charge in [-0.3, -0.25) is 4.79 Å². The Morgan fingerprint density at radius 1 is 1.16 bits per heavy atom. The number of methoxy groups -OCH3 is 1. The van der Waals surface area contributed by atoms with Crippen molar-refractivity contribution in [1.29, 1.82) is 0 Å². The molecule has 3 saturated carbocycles. The maximum absolute atomic E-state index is 12.8. The van der Waals surface area contributed by atoms with Crippen LogP contribution in [-0.4, -0.2) is 64.2 Å². The first-order valence-electron chi connectivity index (χ1n) is 15.7. The van der Waals surface area contributed by atoms with Crippen LogP contribution >= 0.6 is 0 Å². The summed E-state index contributed by atoms with van der Waals surface area (Å²) in [6.07, 6.45) is 9.75. The molecule has 9 heteroatoms. The maximum atomic E-state index is 12.8. The molecule has 1 aromatic carbocycles. The lowest BCUT2D eigenvalue weighted by molar-refractivity contribution is -0.164. The molecule has 0 unspecified atom stereocenters. The topological polar surface area (TPSA) is 133 Å². The molecule has 0 saturated heterocycles. The third kappa shape index (κ3) is 5.08. The summed E-state index contributed by atoms with van der Waals surface area (Å²) in [6, 6.07) is 6.94. The van der Waals surface area contributed by atoms with Crippen LogP contribution in [0.1, 0.15) is 71.3 Å². The van der Waals surface area contributed by atoms with Crippen molar-refractivity contribution in [3.8, 4) is 0 Å². The van der Waals surface area contributed by atoms with E-state index in [1.54, 1.807) is 0 Å². The highest BCUT2D eigenvalue weighted by molar-refractivity contribution is 5.96. The van der Waals surface area contributed by atoms with Crippen molar-refractivity contribution in [3.63, 3.8) is 0 Å². The Balaban J connectivity index is 1.09. The number of nitrogens with zero attached hydrogens (tertiary/aromatic N) is 1. The highest BCUT2D eigenvalue weighted by atomic mass is 16.6. The Hall–Kier alpha value is -3.17. The Morgan fingerprint density at radius 3 is 2.74 bits per heavy atom. The quantitative estimate of drug-likeness (QED) is 0.278. The van der Waals surface area contributed by atoms with Gasteiger partial charge in [-0.25, -0.2) is 4.79 Å². The monoisotopic (exact) mass is 591 g/mol. The van der Waals surface area contributed by atoms with E-state index in [4.69, 9.17) is 9.57 Å². The van der Waals surface area contributed by atoms with E-state index in [-0.39, 0.29) is 29.8 Å². The lowest BCUT2D eigenvalue weighted by atomic mass is 9.45. The van der Waals surface area contributed by atoms with Gasteiger partial charge in [0, 0.05) is 28.9 Å². The van der Waals surface area contributed by atoms with Gasteiger partial charge in [0.15, 0.2) is 6.61 Å². The molecular formula is C34H45N3O6. The first-order valence-corrected chi connectivity index (χ1v) is 15.7. The summed E-state index contributed by atoms with van der Waals surface area (Å²) in [5, 5.41) is 30.7. The summed E-state index contributed by atoms with van der Waals surface area (Å²) < 4.78 is 4.95. The summed E-state index contributed by atoms with van der Waals surface area (Å²) in [7, 11) is 1.30. The van der Waals surface area contributed by atoms with Crippen LogP contribution in [0.25, 0.3) is 10.9 Å². The molecule has 0 aliphatic heterocycles. The zero-order valence-electron chi connectivity index (χ0n) is 25.7. The molecule has 1 heterocycles. The molecule has 6 rings (SSSR count). The number of nitrogens with one attached hydrogen (secondary N) is 2. The van der Waals surface area contributed by atoms with Crippen LogP contribution in [-0.2, 0) is 25.6 Å². The average molecular weight is 592 g/mol. The second-order valence-electron chi connectivity index (χ2n) is 14.0. The van der Waals surface area contributed by atoms with Gasteiger partial charge in [0.1, 0.15) is 6.04 Å². The number of esters is 1. The van der Waals surface area contributed by atoms with Crippen molar-refractivity contribution >= 4 is 28.5 Å². The minimum atomic E-state index is -0.854. The van der Waals surface area contributed by atoms with Crippen LogP contribution in [0.3, 0.4) is 0 Å². The zero-order valence-corrected chi connectivity index (χ0v) is 25.7. The summed E-state index contributed by atoms with van der Waals surface area (Å²) in [5.74, 6) is 0.0175. The summed E-state index contributed by atoms with van der Waals surface area (Å²) in [4.78, 5) is 33.9. The minimum absolute atomic E-state index is 0.120. The number of allylic oxidation sites excluding steroid dienone is 2. The number of ether oxygens (including phenoxy) is 1. The molecule has 43 heavy (non-hydrogen) atoms. The lowest BCUT2D eigenvalue weighted by Crippen LogP contribution is -2.59. The predicted molar refractivity (Wildman–Crippen MR) is 163 cm³/mol. The summed E-state index contributed by atoms with van der Waals surface area (Å²) in [6.45, 7) is 6.13. The van der Waals surface area contributed by atoms with Gasteiger partial charge in [0.2, 0.25) is 0 Å². The van der Waals surface area contributed by atoms with Crippen LogP contribution in [0, 0.1) is 28.6 Å². The number of rotatable bonds is 7. The number of carbonyl (C=O) groups is 2. The number of aliphatic hydroxyl groups is 2. The molecule has 1 aromatic heterocycles. The largest absolute Gasteiger partial charge is 0.467 e. The third-order valence-corrected chi connectivity index (χ3v) is 11.8. The molecule has 4 aliphatic carbocycles. The summed E-state index contributed by atoms with van der Waals surface area (Å²) in [5.41, 5.74) is 2.85. The van der Waals surface area contributed by atoms with Gasteiger partial charge >= 0.3 is 5.97 Å². The molecule has 9 nitrogen and oxygen atoms in total. The number of H-pyrrole nitrogens is 1. The van der Waals surface area contributed by atoms with Crippen molar-refractivity contribution in [1.82, 2.24) is 10.3 Å². The van der Waals surface area contributed by atoms with Crippen molar-refractivity contribution in [2.24, 2.45) is 33.7 Å². The molecule has 0 radical (unpaired) electrons. The standard InChI is InChI=1S/C34H45N3O6/c1-32-13-11-22(16-21(32)9-10-24-25-12-14-34(3,41)33(25,2)17-28(38)30(24)32)37-43-19-29(39)36-27(31(40)42-4)15-20-18-35-26-8-6-5-7-23(20)26/h5-8,16,18,24-25,27-28,30,35,38,41H,9-15,17,19H2,1-4H3,(H,36,39)/b37-22-/t24-,25+,27+,28-,30+,32+,33+,34+/m1/s1. The van der Waals surface area contributed by atoms with Gasteiger partial charge in [-0.15, -0.1) is 0 Å². The number of aromatic amines is 1. The molecule has 4 N–H and O–H groups in total. The van der Waals surface area contributed by atoms with Crippen LogP contribution in [0.5, 0.6) is 0 Å². The van der Waals surface area contributed by atoms with Gasteiger partial charge < -0.3 is 30.1 Å². The van der Waals surface area contributed by atoms with E-state index in [0.29, 0.717) is 24.7 Å². The second-order valence-corrected chi connectivity index (χ2v) is 14.0. The number of hydrogen-bond donors (Lipinski definition) is 4. The fraction of sp³-hybridized carbons (Fsp3) is 0.618. The van der Waals surface area contributed by atoms with Crippen LogP contribution in [0.15, 0.2) is 47.3 Å². The van der Waals surface area contributed by atoms with Gasteiger partial charge in [-0.1, -0.05) is 42.8 Å².